The van der Waals surface area contributed by atoms with E-state index in [1.54, 1.807) is 19.2 Å². The summed E-state index contributed by atoms with van der Waals surface area (Å²) >= 11 is 9.52. The van der Waals surface area contributed by atoms with Crippen LogP contribution in [-0.4, -0.2) is 12.3 Å². The highest BCUT2D eigenvalue weighted by atomic mass is 35.5. The van der Waals surface area contributed by atoms with Crippen molar-refractivity contribution in [1.29, 1.82) is 0 Å². The lowest BCUT2D eigenvalue weighted by molar-refractivity contribution is 0.266. The smallest absolute Gasteiger partial charge is 0.282 e. The molecule has 12 heavy (non-hydrogen) atoms. The molecule has 0 N–H and O–H groups in total. The van der Waals surface area contributed by atoms with Crippen LogP contribution in [0.3, 0.4) is 0 Å². The Bertz CT molecular complexity index is 303. The molecule has 0 saturated carbocycles. The van der Waals surface area contributed by atoms with Gasteiger partial charge in [-0.25, -0.2) is 0 Å². The summed E-state index contributed by atoms with van der Waals surface area (Å²) in [6.45, 7) is 0. The topological polar surface area (TPSA) is 20.3 Å². The predicted octanol–water partition coefficient (Wildman–Crippen LogP) is 2.83. The molecule has 64 valence electrons. The van der Waals surface area contributed by atoms with Crippen molar-refractivity contribution in [2.24, 2.45) is 0 Å². The Kier molecular flexibility index (Phi) is 3.00. The van der Waals surface area contributed by atoms with Crippen LogP contribution < -0.4 is 4.90 Å². The van der Waals surface area contributed by atoms with Gasteiger partial charge in [0.15, 0.2) is 0 Å². The number of carbonyl (C=O) groups is 1. The third-order valence-electron chi connectivity index (χ3n) is 1.50. The molecule has 0 saturated heterocycles. The van der Waals surface area contributed by atoms with Gasteiger partial charge in [0, 0.05) is 7.05 Å². The van der Waals surface area contributed by atoms with Gasteiger partial charge >= 0.3 is 0 Å². The standard InChI is InChI=1S/C8H8ClNOS/c1-10(8(11)12)7-5-3-2-4-6(7)9/h2-5H,1H3,(H,11,12). The number of nitrogens with zero attached hydrogens (tertiary/aromatic N) is 1. The molecule has 0 spiro atoms. The molecule has 0 unspecified atom stereocenters. The monoisotopic (exact) mass is 201 g/mol. The van der Waals surface area contributed by atoms with Crippen molar-refractivity contribution in [3.8, 4) is 0 Å². The van der Waals surface area contributed by atoms with Crippen LogP contribution in [-0.2, 0) is 0 Å². The Balaban J connectivity index is 3.02. The molecule has 0 heterocycles. The first-order valence-electron chi connectivity index (χ1n) is 3.34. The maximum absolute atomic E-state index is 10.8. The molecule has 0 aliphatic rings. The van der Waals surface area contributed by atoms with Crippen molar-refractivity contribution in [1.82, 2.24) is 0 Å². The van der Waals surface area contributed by atoms with Crippen LogP contribution in [0.25, 0.3) is 0 Å². The van der Waals surface area contributed by atoms with Gasteiger partial charge < -0.3 is 4.90 Å². The lowest BCUT2D eigenvalue weighted by Gasteiger charge is -2.14. The number of amides is 1. The largest absolute Gasteiger partial charge is 0.305 e. The average Bonchev–Trinajstić information content (AvgIpc) is 2.04. The van der Waals surface area contributed by atoms with E-state index in [2.05, 4.69) is 12.6 Å². The minimum Gasteiger partial charge on any atom is -0.305 e. The number of anilines is 1. The zero-order valence-electron chi connectivity index (χ0n) is 6.49. The van der Waals surface area contributed by atoms with Crippen LogP contribution in [0.5, 0.6) is 0 Å². The van der Waals surface area contributed by atoms with Gasteiger partial charge in [-0.15, -0.1) is 0 Å². The number of hydrogen-bond donors (Lipinski definition) is 1. The van der Waals surface area contributed by atoms with Crippen molar-refractivity contribution in [3.05, 3.63) is 29.3 Å². The summed E-state index contributed by atoms with van der Waals surface area (Å²) in [7, 11) is 1.62. The molecule has 1 aromatic carbocycles. The van der Waals surface area contributed by atoms with Gasteiger partial charge in [0.2, 0.25) is 0 Å². The number of carbonyl (C=O) groups excluding carboxylic acids is 1. The average molecular weight is 202 g/mol. The number of benzene rings is 1. The first-order valence-corrected chi connectivity index (χ1v) is 4.16. The second-order valence-electron chi connectivity index (χ2n) is 2.29. The summed E-state index contributed by atoms with van der Waals surface area (Å²) in [6, 6.07) is 7.11. The van der Waals surface area contributed by atoms with Crippen LogP contribution in [0.1, 0.15) is 0 Å². The van der Waals surface area contributed by atoms with Crippen LogP contribution in [0.4, 0.5) is 10.5 Å². The zero-order chi connectivity index (χ0) is 9.14. The molecule has 1 amide bonds. The number of rotatable bonds is 1. The summed E-state index contributed by atoms with van der Waals surface area (Å²) in [4.78, 5) is 12.2. The molecule has 0 bridgehead atoms. The van der Waals surface area contributed by atoms with Crippen molar-refractivity contribution in [2.75, 3.05) is 11.9 Å². The number of para-hydroxylation sites is 1. The maximum atomic E-state index is 10.8. The Labute approximate surface area is 81.5 Å². The molecule has 0 aromatic heterocycles. The second-order valence-corrected chi connectivity index (χ2v) is 3.08. The van der Waals surface area contributed by atoms with E-state index in [1.807, 2.05) is 12.1 Å². The van der Waals surface area contributed by atoms with Gasteiger partial charge in [0.1, 0.15) is 0 Å². The molecule has 1 aromatic rings. The van der Waals surface area contributed by atoms with Gasteiger partial charge in [-0.1, -0.05) is 36.4 Å². The van der Waals surface area contributed by atoms with E-state index in [1.165, 1.54) is 4.90 Å². The highest BCUT2D eigenvalue weighted by molar-refractivity contribution is 7.96. The first-order chi connectivity index (χ1) is 5.63. The van der Waals surface area contributed by atoms with Crippen LogP contribution in [0, 0.1) is 0 Å². The molecule has 1 rings (SSSR count). The number of thiol groups is 1. The van der Waals surface area contributed by atoms with E-state index >= 15 is 0 Å². The fraction of sp³-hybridized carbons (Fsp3) is 0.125. The van der Waals surface area contributed by atoms with E-state index in [0.29, 0.717) is 10.7 Å². The predicted molar refractivity (Wildman–Crippen MR) is 54.2 cm³/mol. The van der Waals surface area contributed by atoms with Crippen LogP contribution in [0.15, 0.2) is 24.3 Å². The summed E-state index contributed by atoms with van der Waals surface area (Å²) in [6.07, 6.45) is 0. The van der Waals surface area contributed by atoms with Gasteiger partial charge in [0.25, 0.3) is 5.24 Å². The lowest BCUT2D eigenvalue weighted by atomic mass is 10.3. The third kappa shape index (κ3) is 1.93. The fourth-order valence-corrected chi connectivity index (χ4v) is 1.20. The summed E-state index contributed by atoms with van der Waals surface area (Å²) in [5, 5.41) is 0.213. The van der Waals surface area contributed by atoms with Gasteiger partial charge in [0.05, 0.1) is 10.7 Å². The molecule has 4 heteroatoms. The molecular weight excluding hydrogens is 194 g/mol. The SMILES string of the molecule is CN(C(=O)S)c1ccccc1Cl. The second kappa shape index (κ2) is 3.83. The van der Waals surface area contributed by atoms with Crippen molar-refractivity contribution in [2.45, 2.75) is 0 Å². The van der Waals surface area contributed by atoms with E-state index in [-0.39, 0.29) is 5.24 Å². The highest BCUT2D eigenvalue weighted by Gasteiger charge is 2.08. The van der Waals surface area contributed by atoms with Crippen molar-refractivity contribution < 1.29 is 4.79 Å². The van der Waals surface area contributed by atoms with E-state index in [9.17, 15) is 4.79 Å². The Morgan fingerprint density at radius 2 is 2.08 bits per heavy atom. The molecule has 0 aliphatic heterocycles. The molecular formula is C8H8ClNOS. The van der Waals surface area contributed by atoms with E-state index in [4.69, 9.17) is 11.6 Å². The first kappa shape index (κ1) is 9.42. The molecule has 0 radical (unpaired) electrons. The molecule has 0 atom stereocenters. The Morgan fingerprint density at radius 3 is 2.58 bits per heavy atom. The minimum absolute atomic E-state index is 0.330. The normalized spacial score (nSPS) is 9.58. The van der Waals surface area contributed by atoms with Crippen LogP contribution in [0.2, 0.25) is 5.02 Å². The van der Waals surface area contributed by atoms with Crippen molar-refractivity contribution >= 4 is 35.2 Å². The van der Waals surface area contributed by atoms with Gasteiger partial charge in [-0.05, 0) is 12.1 Å². The molecule has 0 fully saturated rings. The maximum Gasteiger partial charge on any atom is 0.282 e. The minimum atomic E-state index is -0.330. The number of hydrogen-bond acceptors (Lipinski definition) is 1. The Morgan fingerprint density at radius 1 is 1.50 bits per heavy atom. The van der Waals surface area contributed by atoms with E-state index in [0.717, 1.165) is 0 Å². The number of halogens is 1. The summed E-state index contributed by atoms with van der Waals surface area (Å²) < 4.78 is 0. The van der Waals surface area contributed by atoms with Crippen LogP contribution >= 0.6 is 24.2 Å². The van der Waals surface area contributed by atoms with Gasteiger partial charge in [-0.3, -0.25) is 4.79 Å². The van der Waals surface area contributed by atoms with E-state index < -0.39 is 0 Å². The summed E-state index contributed by atoms with van der Waals surface area (Å²) in [5.41, 5.74) is 0.666. The molecule has 0 aliphatic carbocycles. The van der Waals surface area contributed by atoms with Crippen molar-refractivity contribution in [3.63, 3.8) is 0 Å². The zero-order valence-corrected chi connectivity index (χ0v) is 8.14. The third-order valence-corrected chi connectivity index (χ3v) is 2.12. The highest BCUT2D eigenvalue weighted by Crippen LogP contribution is 2.24. The Hall–Kier alpha value is -0.670. The summed E-state index contributed by atoms with van der Waals surface area (Å²) in [5.74, 6) is 0. The molecule has 2 nitrogen and oxygen atoms in total. The quantitative estimate of drug-likeness (QED) is 0.693. The lowest BCUT2D eigenvalue weighted by Crippen LogP contribution is -2.19. The fourth-order valence-electron chi connectivity index (χ4n) is 0.827. The van der Waals surface area contributed by atoms with Gasteiger partial charge in [-0.2, -0.15) is 0 Å².